The molecule has 2 rings (SSSR count). The average Bonchev–Trinajstić information content (AvgIpc) is 3.07. The maximum Gasteiger partial charge on any atom is 0.235 e. The Labute approximate surface area is 146 Å². The molecule has 0 saturated heterocycles. The second kappa shape index (κ2) is 7.45. The predicted octanol–water partition coefficient (Wildman–Crippen LogP) is 1.24. The first kappa shape index (κ1) is 18.6. The van der Waals surface area contributed by atoms with E-state index in [9.17, 15) is 13.2 Å². The van der Waals surface area contributed by atoms with Gasteiger partial charge in [-0.15, -0.1) is 11.3 Å². The van der Waals surface area contributed by atoms with Gasteiger partial charge in [-0.25, -0.2) is 8.42 Å². The monoisotopic (exact) mass is 370 g/mol. The van der Waals surface area contributed by atoms with Crippen molar-refractivity contribution in [1.82, 2.24) is 19.4 Å². The number of thiophene rings is 1. The first-order valence-corrected chi connectivity index (χ1v) is 10.2. The average molecular weight is 371 g/mol. The van der Waals surface area contributed by atoms with Crippen LogP contribution in [0.3, 0.4) is 0 Å². The van der Waals surface area contributed by atoms with E-state index in [0.717, 1.165) is 27.5 Å². The number of aryl methyl sites for hydroxylation is 1. The number of nitrogens with zero attached hydrogens (tertiary/aromatic N) is 3. The van der Waals surface area contributed by atoms with Gasteiger partial charge in [-0.05, 0) is 25.3 Å². The van der Waals surface area contributed by atoms with Gasteiger partial charge in [-0.1, -0.05) is 6.07 Å². The zero-order valence-electron chi connectivity index (χ0n) is 14.2. The molecule has 1 N–H and O–H groups in total. The Bertz CT molecular complexity index is 810. The lowest BCUT2D eigenvalue weighted by molar-refractivity contribution is -0.121. The molecule has 0 bridgehead atoms. The lowest BCUT2D eigenvalue weighted by Crippen LogP contribution is -2.39. The molecule has 9 heteroatoms. The Morgan fingerprint density at radius 2 is 2.12 bits per heavy atom. The molecule has 0 aromatic carbocycles. The molecule has 0 radical (unpaired) electrons. The SMILES string of the molecule is Cc1nn(CCNC(=O)CN(C)S(C)(=O)=O)c(C)c1-c1cccs1. The van der Waals surface area contributed by atoms with Crippen molar-refractivity contribution in [3.05, 3.63) is 28.9 Å². The maximum absolute atomic E-state index is 11.8. The minimum Gasteiger partial charge on any atom is -0.353 e. The lowest BCUT2D eigenvalue weighted by Gasteiger charge is -2.13. The summed E-state index contributed by atoms with van der Waals surface area (Å²) in [4.78, 5) is 13.0. The maximum atomic E-state index is 11.8. The van der Waals surface area contributed by atoms with Gasteiger partial charge in [-0.3, -0.25) is 9.48 Å². The summed E-state index contributed by atoms with van der Waals surface area (Å²) >= 11 is 1.67. The number of aromatic nitrogens is 2. The first-order chi connectivity index (χ1) is 11.2. The van der Waals surface area contributed by atoms with E-state index in [1.807, 2.05) is 30.0 Å². The number of nitrogens with one attached hydrogen (secondary N) is 1. The Balaban J connectivity index is 1.94. The highest BCUT2D eigenvalue weighted by molar-refractivity contribution is 7.88. The number of carbonyl (C=O) groups excluding carboxylic acids is 1. The summed E-state index contributed by atoms with van der Waals surface area (Å²) in [5, 5.41) is 9.28. The van der Waals surface area contributed by atoms with Crippen molar-refractivity contribution in [3.8, 4) is 10.4 Å². The van der Waals surface area contributed by atoms with Crippen molar-refractivity contribution in [3.63, 3.8) is 0 Å². The summed E-state index contributed by atoms with van der Waals surface area (Å²) < 4.78 is 25.5. The summed E-state index contributed by atoms with van der Waals surface area (Å²) in [6, 6.07) is 4.07. The van der Waals surface area contributed by atoms with Crippen molar-refractivity contribution in [2.24, 2.45) is 0 Å². The van der Waals surface area contributed by atoms with Crippen LogP contribution < -0.4 is 5.32 Å². The third-order valence-electron chi connectivity index (χ3n) is 3.73. The number of likely N-dealkylation sites (N-methyl/N-ethyl adjacent to an activating group) is 1. The Kier molecular flexibility index (Phi) is 5.79. The van der Waals surface area contributed by atoms with Crippen LogP contribution in [0.5, 0.6) is 0 Å². The molecule has 0 atom stereocenters. The number of carbonyl (C=O) groups is 1. The number of sulfonamides is 1. The van der Waals surface area contributed by atoms with E-state index < -0.39 is 10.0 Å². The van der Waals surface area contributed by atoms with E-state index in [2.05, 4.69) is 16.5 Å². The molecule has 132 valence electrons. The van der Waals surface area contributed by atoms with Gasteiger partial charge in [0, 0.05) is 29.7 Å². The van der Waals surface area contributed by atoms with E-state index in [1.165, 1.54) is 11.9 Å². The molecule has 2 aromatic rings. The van der Waals surface area contributed by atoms with Crippen molar-refractivity contribution in [2.75, 3.05) is 26.4 Å². The summed E-state index contributed by atoms with van der Waals surface area (Å²) in [6.07, 6.45) is 1.07. The molecule has 7 nitrogen and oxygen atoms in total. The van der Waals surface area contributed by atoms with Gasteiger partial charge in [0.25, 0.3) is 0 Å². The smallest absolute Gasteiger partial charge is 0.235 e. The highest BCUT2D eigenvalue weighted by atomic mass is 32.2. The van der Waals surface area contributed by atoms with Crippen molar-refractivity contribution >= 4 is 27.3 Å². The molecule has 24 heavy (non-hydrogen) atoms. The molecule has 0 unspecified atom stereocenters. The van der Waals surface area contributed by atoms with Gasteiger partial charge in [-0.2, -0.15) is 9.40 Å². The molecule has 2 aromatic heterocycles. The van der Waals surface area contributed by atoms with Crippen LogP contribution in [0.2, 0.25) is 0 Å². The third-order valence-corrected chi connectivity index (χ3v) is 5.88. The van der Waals surface area contributed by atoms with Crippen molar-refractivity contribution < 1.29 is 13.2 Å². The molecular weight excluding hydrogens is 348 g/mol. The van der Waals surface area contributed by atoms with Gasteiger partial charge in [0.1, 0.15) is 0 Å². The molecule has 0 aliphatic carbocycles. The van der Waals surface area contributed by atoms with Crippen LogP contribution in [0.25, 0.3) is 10.4 Å². The van der Waals surface area contributed by atoms with Gasteiger partial charge in [0.2, 0.25) is 15.9 Å². The summed E-state index contributed by atoms with van der Waals surface area (Å²) in [5.41, 5.74) is 3.14. The zero-order chi connectivity index (χ0) is 17.9. The Morgan fingerprint density at radius 1 is 1.42 bits per heavy atom. The highest BCUT2D eigenvalue weighted by Crippen LogP contribution is 2.30. The van der Waals surface area contributed by atoms with Crippen LogP contribution in [-0.4, -0.2) is 54.8 Å². The number of amides is 1. The molecule has 1 amide bonds. The summed E-state index contributed by atoms with van der Waals surface area (Å²) in [7, 11) is -1.97. The number of hydrogen-bond acceptors (Lipinski definition) is 5. The van der Waals surface area contributed by atoms with Gasteiger partial charge >= 0.3 is 0 Å². The molecule has 0 saturated carbocycles. The minimum absolute atomic E-state index is 0.184. The van der Waals surface area contributed by atoms with Gasteiger partial charge in [0.15, 0.2) is 0 Å². The van der Waals surface area contributed by atoms with Crippen LogP contribution in [-0.2, 0) is 21.4 Å². The third kappa shape index (κ3) is 4.43. The van der Waals surface area contributed by atoms with Crippen LogP contribution in [0.4, 0.5) is 0 Å². The summed E-state index contributed by atoms with van der Waals surface area (Å²) in [5.74, 6) is -0.331. The number of hydrogen-bond donors (Lipinski definition) is 1. The quantitative estimate of drug-likeness (QED) is 0.795. The van der Waals surface area contributed by atoms with Crippen LogP contribution in [0, 0.1) is 13.8 Å². The fourth-order valence-electron chi connectivity index (χ4n) is 2.37. The number of rotatable bonds is 7. The Morgan fingerprint density at radius 3 is 2.71 bits per heavy atom. The largest absolute Gasteiger partial charge is 0.353 e. The Hall–Kier alpha value is -1.71. The van der Waals surface area contributed by atoms with Gasteiger partial charge in [0.05, 0.1) is 25.0 Å². The molecule has 0 spiro atoms. The summed E-state index contributed by atoms with van der Waals surface area (Å²) in [6.45, 7) is 4.72. The van der Waals surface area contributed by atoms with Gasteiger partial charge < -0.3 is 5.32 Å². The molecule has 0 aliphatic rings. The fourth-order valence-corrected chi connectivity index (χ4v) is 3.59. The molecular formula is C15H22N4O3S2. The van der Waals surface area contributed by atoms with E-state index in [0.29, 0.717) is 13.1 Å². The topological polar surface area (TPSA) is 84.3 Å². The van der Waals surface area contributed by atoms with Crippen LogP contribution in [0.15, 0.2) is 17.5 Å². The highest BCUT2D eigenvalue weighted by Gasteiger charge is 2.16. The van der Waals surface area contributed by atoms with Crippen LogP contribution >= 0.6 is 11.3 Å². The standard InChI is InChI=1S/C15H22N4O3S2/c1-11-15(13-6-5-9-23-13)12(2)19(17-11)8-7-16-14(20)10-18(3)24(4,21)22/h5-6,9H,7-8,10H2,1-4H3,(H,16,20). The van der Waals surface area contributed by atoms with Crippen molar-refractivity contribution in [2.45, 2.75) is 20.4 Å². The fraction of sp³-hybridized carbons (Fsp3) is 0.467. The zero-order valence-corrected chi connectivity index (χ0v) is 15.9. The second-order valence-electron chi connectivity index (χ2n) is 5.62. The molecule has 0 aliphatic heterocycles. The van der Waals surface area contributed by atoms with Crippen LogP contribution in [0.1, 0.15) is 11.4 Å². The minimum atomic E-state index is -3.35. The predicted molar refractivity (Wildman–Crippen MR) is 95.5 cm³/mol. The first-order valence-electron chi connectivity index (χ1n) is 7.46. The van der Waals surface area contributed by atoms with Crippen molar-refractivity contribution in [1.29, 1.82) is 0 Å². The normalized spacial score (nSPS) is 11.9. The van der Waals surface area contributed by atoms with E-state index in [-0.39, 0.29) is 12.5 Å². The van der Waals surface area contributed by atoms with E-state index >= 15 is 0 Å². The van der Waals surface area contributed by atoms with E-state index in [4.69, 9.17) is 0 Å². The lowest BCUT2D eigenvalue weighted by atomic mass is 10.1. The second-order valence-corrected chi connectivity index (χ2v) is 8.65. The molecule has 0 fully saturated rings. The van der Waals surface area contributed by atoms with E-state index in [1.54, 1.807) is 11.3 Å². The molecule has 2 heterocycles.